The Morgan fingerprint density at radius 3 is 2.43 bits per heavy atom. The number of benzene rings is 1. The van der Waals surface area contributed by atoms with E-state index in [0.717, 1.165) is 70.8 Å². The van der Waals surface area contributed by atoms with Gasteiger partial charge in [-0.3, -0.25) is 9.67 Å². The Morgan fingerprint density at radius 1 is 1.05 bits per heavy atom. The summed E-state index contributed by atoms with van der Waals surface area (Å²) in [6, 6.07) is 12.8. The zero-order chi connectivity index (χ0) is 25.9. The number of nitrogens with zero attached hydrogens (tertiary/aromatic N) is 7. The average Bonchev–Trinajstić information content (AvgIpc) is 3.50. The van der Waals surface area contributed by atoms with Crippen LogP contribution in [0, 0.1) is 12.8 Å². The highest BCUT2D eigenvalue weighted by molar-refractivity contribution is 6.05. The van der Waals surface area contributed by atoms with Gasteiger partial charge in [-0.25, -0.2) is 4.68 Å². The van der Waals surface area contributed by atoms with Gasteiger partial charge in [-0.15, -0.1) is 5.10 Å². The number of fused-ring (bicyclic) bond motifs is 3. The molecule has 6 rings (SSSR count). The number of ether oxygens (including phenoxy) is 1. The number of aryl methyl sites for hydroxylation is 3. The molecule has 1 saturated heterocycles. The lowest BCUT2D eigenvalue weighted by Crippen LogP contribution is -2.28. The molecule has 9 nitrogen and oxygen atoms in total. The quantitative estimate of drug-likeness (QED) is 0.388. The van der Waals surface area contributed by atoms with Gasteiger partial charge in [0.25, 0.3) is 0 Å². The molecular formula is C28H33N7O2. The first kappa shape index (κ1) is 23.8. The molecular weight excluding hydrogens is 466 g/mol. The van der Waals surface area contributed by atoms with Crippen LogP contribution in [0.1, 0.15) is 49.7 Å². The summed E-state index contributed by atoms with van der Waals surface area (Å²) in [6.07, 6.45) is 3.79. The van der Waals surface area contributed by atoms with Crippen molar-refractivity contribution in [2.45, 2.75) is 45.3 Å². The highest BCUT2D eigenvalue weighted by Crippen LogP contribution is 2.43. The number of hydrogen-bond acceptors (Lipinski definition) is 6. The van der Waals surface area contributed by atoms with Crippen molar-refractivity contribution in [2.24, 2.45) is 20.0 Å². The van der Waals surface area contributed by atoms with E-state index in [-0.39, 0.29) is 6.04 Å². The standard InChI is InChI=1S/C28H33N7O2/c1-17-24(33(4)32-30-17)20-15-21-22(29-16-20)23-26(27(28(2,3)36)34(5)31-23)35(21)25(18-9-7-6-8-10-18)19-11-13-37-14-12-19/h6-10,15-16,19,25,36H,11-14H2,1-5H3/t25-/m0/s1. The second-order valence-corrected chi connectivity index (χ2v) is 10.6. The van der Waals surface area contributed by atoms with Gasteiger partial charge < -0.3 is 14.4 Å². The van der Waals surface area contributed by atoms with Gasteiger partial charge in [0.15, 0.2) is 0 Å². The molecule has 0 radical (unpaired) electrons. The Morgan fingerprint density at radius 2 is 1.78 bits per heavy atom. The Hall–Kier alpha value is -3.56. The van der Waals surface area contributed by atoms with Crippen LogP contribution in [-0.2, 0) is 24.4 Å². The van der Waals surface area contributed by atoms with Crippen molar-refractivity contribution in [1.82, 2.24) is 34.3 Å². The second kappa shape index (κ2) is 8.78. The Balaban J connectivity index is 1.73. The maximum absolute atomic E-state index is 11.3. The first-order valence-electron chi connectivity index (χ1n) is 12.8. The lowest BCUT2D eigenvalue weighted by molar-refractivity contribution is 0.0546. The van der Waals surface area contributed by atoms with Crippen LogP contribution in [0.2, 0.25) is 0 Å². The number of pyridine rings is 1. The summed E-state index contributed by atoms with van der Waals surface area (Å²) in [6.45, 7) is 7.09. The van der Waals surface area contributed by atoms with Gasteiger partial charge in [-0.05, 0) is 51.2 Å². The third-order valence-corrected chi connectivity index (χ3v) is 7.59. The summed E-state index contributed by atoms with van der Waals surface area (Å²) in [5.41, 5.74) is 7.18. The normalized spacial score (nSPS) is 16.2. The van der Waals surface area contributed by atoms with E-state index in [9.17, 15) is 5.11 Å². The van der Waals surface area contributed by atoms with Gasteiger partial charge in [0.1, 0.15) is 16.6 Å². The van der Waals surface area contributed by atoms with Crippen LogP contribution in [0.5, 0.6) is 0 Å². The van der Waals surface area contributed by atoms with E-state index in [4.69, 9.17) is 14.8 Å². The highest BCUT2D eigenvalue weighted by atomic mass is 16.5. The first-order chi connectivity index (χ1) is 17.8. The second-order valence-electron chi connectivity index (χ2n) is 10.6. The minimum absolute atomic E-state index is 0.0261. The number of hydrogen-bond donors (Lipinski definition) is 1. The predicted octanol–water partition coefficient (Wildman–Crippen LogP) is 4.27. The molecule has 1 atom stereocenters. The summed E-state index contributed by atoms with van der Waals surface area (Å²) in [5.74, 6) is 0.355. The molecule has 9 heteroatoms. The molecule has 5 heterocycles. The van der Waals surface area contributed by atoms with Crippen LogP contribution in [0.4, 0.5) is 0 Å². The minimum atomic E-state index is -1.10. The molecule has 0 spiro atoms. The monoisotopic (exact) mass is 499 g/mol. The molecule has 1 aliphatic rings. The van der Waals surface area contributed by atoms with Crippen molar-refractivity contribution in [3.63, 3.8) is 0 Å². The highest BCUT2D eigenvalue weighted by Gasteiger charge is 2.35. The minimum Gasteiger partial charge on any atom is -0.384 e. The van der Waals surface area contributed by atoms with Crippen molar-refractivity contribution >= 4 is 22.1 Å². The van der Waals surface area contributed by atoms with Gasteiger partial charge in [-0.1, -0.05) is 35.5 Å². The maximum Gasteiger partial charge on any atom is 0.137 e. The lowest BCUT2D eigenvalue weighted by Gasteiger charge is -2.33. The fourth-order valence-electron chi connectivity index (χ4n) is 6.11. The molecule has 0 saturated carbocycles. The van der Waals surface area contributed by atoms with E-state index < -0.39 is 5.60 Å². The molecule has 4 aromatic heterocycles. The maximum atomic E-state index is 11.3. The zero-order valence-corrected chi connectivity index (χ0v) is 22.0. The summed E-state index contributed by atoms with van der Waals surface area (Å²) in [4.78, 5) is 4.95. The zero-order valence-electron chi connectivity index (χ0n) is 22.0. The summed E-state index contributed by atoms with van der Waals surface area (Å²) < 4.78 is 11.7. The number of rotatable bonds is 5. The number of aliphatic hydroxyl groups is 1. The van der Waals surface area contributed by atoms with Crippen molar-refractivity contribution in [2.75, 3.05) is 13.2 Å². The van der Waals surface area contributed by atoms with Gasteiger partial charge in [-0.2, -0.15) is 5.10 Å². The Kier molecular flexibility index (Phi) is 5.65. The molecule has 5 aromatic rings. The Labute approximate surface area is 215 Å². The topological polar surface area (TPSA) is 95.8 Å². The SMILES string of the molecule is Cc1nnn(C)c1-c1cnc2c3nn(C)c(C(C)(C)O)c3n([C@@H](c3ccccc3)C3CCOCC3)c2c1. The van der Waals surface area contributed by atoms with Crippen LogP contribution in [0.25, 0.3) is 33.3 Å². The van der Waals surface area contributed by atoms with Crippen LogP contribution in [-0.4, -0.2) is 52.6 Å². The molecule has 1 aliphatic heterocycles. The van der Waals surface area contributed by atoms with Crippen molar-refractivity contribution in [1.29, 1.82) is 0 Å². The Bertz CT molecular complexity index is 1560. The fourth-order valence-corrected chi connectivity index (χ4v) is 6.11. The van der Waals surface area contributed by atoms with Crippen molar-refractivity contribution in [3.8, 4) is 11.3 Å². The molecule has 1 N–H and O–H groups in total. The van der Waals surface area contributed by atoms with E-state index >= 15 is 0 Å². The van der Waals surface area contributed by atoms with Crippen LogP contribution < -0.4 is 0 Å². The van der Waals surface area contributed by atoms with E-state index in [1.54, 1.807) is 9.36 Å². The van der Waals surface area contributed by atoms with E-state index in [2.05, 4.69) is 51.3 Å². The van der Waals surface area contributed by atoms with E-state index in [1.807, 2.05) is 41.1 Å². The van der Waals surface area contributed by atoms with E-state index in [0.29, 0.717) is 5.92 Å². The molecule has 37 heavy (non-hydrogen) atoms. The molecule has 1 fully saturated rings. The molecule has 0 amide bonds. The van der Waals surface area contributed by atoms with Crippen molar-refractivity contribution < 1.29 is 9.84 Å². The van der Waals surface area contributed by atoms with Crippen LogP contribution in [0.15, 0.2) is 42.6 Å². The average molecular weight is 500 g/mol. The molecule has 192 valence electrons. The number of aromatic nitrogens is 7. The van der Waals surface area contributed by atoms with Gasteiger partial charge in [0.2, 0.25) is 0 Å². The van der Waals surface area contributed by atoms with Crippen LogP contribution >= 0.6 is 0 Å². The van der Waals surface area contributed by atoms with Gasteiger partial charge in [0.05, 0.1) is 34.2 Å². The van der Waals surface area contributed by atoms with Gasteiger partial charge >= 0.3 is 0 Å². The lowest BCUT2D eigenvalue weighted by atomic mass is 9.86. The smallest absolute Gasteiger partial charge is 0.137 e. The molecule has 1 aromatic carbocycles. The third kappa shape index (κ3) is 3.84. The predicted molar refractivity (Wildman–Crippen MR) is 142 cm³/mol. The molecule has 0 aliphatic carbocycles. The summed E-state index contributed by atoms with van der Waals surface area (Å²) >= 11 is 0. The fraction of sp³-hybridized carbons (Fsp3) is 0.429. The largest absolute Gasteiger partial charge is 0.384 e. The van der Waals surface area contributed by atoms with Gasteiger partial charge in [0, 0.05) is 39.1 Å². The summed E-state index contributed by atoms with van der Waals surface area (Å²) in [5, 5.41) is 24.7. The van der Waals surface area contributed by atoms with E-state index in [1.165, 1.54) is 5.56 Å². The summed E-state index contributed by atoms with van der Waals surface area (Å²) in [7, 11) is 3.80. The first-order valence-corrected chi connectivity index (χ1v) is 12.8. The van der Waals surface area contributed by atoms with Crippen LogP contribution in [0.3, 0.4) is 0 Å². The van der Waals surface area contributed by atoms with Crippen molar-refractivity contribution in [3.05, 3.63) is 59.5 Å². The third-order valence-electron chi connectivity index (χ3n) is 7.59. The molecule has 0 unspecified atom stereocenters. The molecule has 0 bridgehead atoms.